The van der Waals surface area contributed by atoms with Crippen molar-refractivity contribution in [2.24, 2.45) is 11.3 Å². The average Bonchev–Trinajstić information content (AvgIpc) is 3.34. The summed E-state index contributed by atoms with van der Waals surface area (Å²) in [4.78, 5) is 19.1. The second kappa shape index (κ2) is 8.96. The van der Waals surface area contributed by atoms with Crippen LogP contribution >= 0.6 is 0 Å². The molecule has 10 heteroatoms. The van der Waals surface area contributed by atoms with Crippen molar-refractivity contribution in [3.05, 3.63) is 70.9 Å². The number of anilines is 2. The molecule has 1 saturated carbocycles. The van der Waals surface area contributed by atoms with E-state index in [4.69, 9.17) is 14.2 Å². The monoisotopic (exact) mass is 678 g/mol. The van der Waals surface area contributed by atoms with Crippen molar-refractivity contribution >= 4 is 17.3 Å². The number of hydrogen-bond acceptors (Lipinski definition) is 10. The maximum absolute atomic E-state index is 13.8. The molecule has 10 aliphatic rings. The number of ether oxygens (including phenoxy) is 3. The third-order valence-electron chi connectivity index (χ3n) is 16.3. The molecule has 4 N–H and O–H groups in total. The van der Waals surface area contributed by atoms with E-state index in [1.54, 1.807) is 0 Å². The number of para-hydroxylation sites is 2. The Morgan fingerprint density at radius 1 is 1.08 bits per heavy atom. The van der Waals surface area contributed by atoms with Gasteiger partial charge in [0.15, 0.2) is 5.72 Å². The lowest BCUT2D eigenvalue weighted by atomic mass is 9.47. The second-order valence-corrected chi connectivity index (χ2v) is 17.4. The van der Waals surface area contributed by atoms with Gasteiger partial charge in [-0.25, -0.2) is 4.79 Å². The Morgan fingerprint density at radius 2 is 1.88 bits per heavy atom. The standard InChI is InChI=1S/C40H46N4O6/c1-3-37-21-36-18-22(32(46)48-2)29-38(34(36)47,23-8-4-6-10-26(23)41-29)12-16-44(36)30(37)25-19-35(14-17-45)31-28(49-31)20-43-15-13-39(33(35)43)24-9-5-7-11-27(24)42-40(25,39)50-37/h4-11,25,28,30-31,33-34,41-42,45,47H,3,12-21H2,1-2H3/t25-,28-,30-,31+,33-,34-,35+,36-,37+,38+,39+,40+/m0/s1. The molecule has 10 nitrogen and oxygen atoms in total. The number of aliphatic hydroxyl groups is 2. The molecule has 2 aromatic carbocycles. The van der Waals surface area contributed by atoms with Gasteiger partial charge >= 0.3 is 5.97 Å². The van der Waals surface area contributed by atoms with E-state index >= 15 is 0 Å². The minimum atomic E-state index is -0.741. The predicted octanol–water partition coefficient (Wildman–Crippen LogP) is 3.24. The molecule has 0 radical (unpaired) electrons. The molecule has 12 rings (SSSR count). The molecule has 0 aromatic heterocycles. The van der Waals surface area contributed by atoms with Crippen LogP contribution in [0.3, 0.4) is 0 Å². The molecule has 2 aromatic rings. The van der Waals surface area contributed by atoms with E-state index in [9.17, 15) is 15.0 Å². The smallest absolute Gasteiger partial charge is 0.335 e. The number of nitrogens with one attached hydrogen (secondary N) is 2. The van der Waals surface area contributed by atoms with Crippen molar-refractivity contribution < 1.29 is 29.2 Å². The number of hydrogen-bond donors (Lipinski definition) is 4. The largest absolute Gasteiger partial charge is 0.466 e. The lowest BCUT2D eigenvalue weighted by Crippen LogP contribution is -2.76. The zero-order chi connectivity index (χ0) is 33.6. The van der Waals surface area contributed by atoms with Gasteiger partial charge < -0.3 is 35.1 Å². The van der Waals surface area contributed by atoms with Crippen molar-refractivity contribution in [3.8, 4) is 0 Å². The summed E-state index contributed by atoms with van der Waals surface area (Å²) in [5.74, 6) is -0.251. The molecule has 7 fully saturated rings. The number of nitrogens with zero attached hydrogens (tertiary/aromatic N) is 2. The zero-order valence-electron chi connectivity index (χ0n) is 28.8. The molecule has 12 atom stereocenters. The van der Waals surface area contributed by atoms with Crippen LogP contribution in [0, 0.1) is 11.3 Å². The van der Waals surface area contributed by atoms with Gasteiger partial charge in [-0.05, 0) is 68.3 Å². The van der Waals surface area contributed by atoms with Crippen molar-refractivity contribution in [1.82, 2.24) is 9.80 Å². The number of rotatable bonds is 4. The number of epoxide rings is 1. The van der Waals surface area contributed by atoms with Crippen molar-refractivity contribution in [3.63, 3.8) is 0 Å². The van der Waals surface area contributed by atoms with E-state index in [1.807, 2.05) is 12.1 Å². The highest BCUT2D eigenvalue weighted by atomic mass is 16.6. The number of aliphatic hydroxyl groups excluding tert-OH is 2. The molecule has 50 heavy (non-hydrogen) atoms. The molecule has 0 unspecified atom stereocenters. The van der Waals surface area contributed by atoms with Gasteiger partial charge in [-0.2, -0.15) is 0 Å². The summed E-state index contributed by atoms with van der Waals surface area (Å²) in [6.45, 7) is 5.11. The topological polar surface area (TPSA) is 119 Å². The first-order chi connectivity index (χ1) is 24.3. The van der Waals surface area contributed by atoms with E-state index in [-0.39, 0.29) is 53.6 Å². The number of methoxy groups -OCH3 is 1. The van der Waals surface area contributed by atoms with Gasteiger partial charge in [0.25, 0.3) is 0 Å². The first kappa shape index (κ1) is 29.6. The van der Waals surface area contributed by atoms with Gasteiger partial charge in [0.2, 0.25) is 0 Å². The fraction of sp³-hybridized carbons (Fsp3) is 0.625. The summed E-state index contributed by atoms with van der Waals surface area (Å²) in [6.07, 6.45) is 4.72. The Balaban J connectivity index is 1.07. The maximum Gasteiger partial charge on any atom is 0.335 e. The summed E-state index contributed by atoms with van der Waals surface area (Å²) in [6, 6.07) is 17.3. The van der Waals surface area contributed by atoms with Crippen LogP contribution in [0.15, 0.2) is 59.8 Å². The Kier molecular flexibility index (Phi) is 5.30. The highest BCUT2D eigenvalue weighted by Gasteiger charge is 2.87. The molecule has 2 aliphatic carbocycles. The molecule has 8 aliphatic heterocycles. The van der Waals surface area contributed by atoms with Crippen molar-refractivity contribution in [1.29, 1.82) is 0 Å². The van der Waals surface area contributed by atoms with Gasteiger partial charge in [0.05, 0.1) is 53.0 Å². The Bertz CT molecular complexity index is 1940. The second-order valence-electron chi connectivity index (χ2n) is 17.4. The molecule has 2 bridgehead atoms. The number of benzene rings is 2. The van der Waals surface area contributed by atoms with E-state index in [2.05, 4.69) is 63.8 Å². The molecule has 0 amide bonds. The summed E-state index contributed by atoms with van der Waals surface area (Å²) in [5, 5.41) is 31.7. The summed E-state index contributed by atoms with van der Waals surface area (Å²) in [5.41, 5.74) is 2.88. The first-order valence-corrected chi connectivity index (χ1v) is 19.0. The molecular formula is C40H46N4O6. The summed E-state index contributed by atoms with van der Waals surface area (Å²) < 4.78 is 20.1. The minimum Gasteiger partial charge on any atom is -0.466 e. The van der Waals surface area contributed by atoms with E-state index in [1.165, 1.54) is 18.4 Å². The number of carbonyl (C=O) groups excluding carboxylic acids is 1. The third kappa shape index (κ3) is 2.81. The van der Waals surface area contributed by atoms with Gasteiger partial charge in [-0.15, -0.1) is 0 Å². The highest BCUT2D eigenvalue weighted by Crippen LogP contribution is 2.78. The number of fused-ring (bicyclic) bond motifs is 7. The third-order valence-corrected chi connectivity index (χ3v) is 16.3. The summed E-state index contributed by atoms with van der Waals surface area (Å²) in [7, 11) is 1.47. The molecule has 6 saturated heterocycles. The van der Waals surface area contributed by atoms with Gasteiger partial charge in [0, 0.05) is 66.6 Å². The van der Waals surface area contributed by atoms with Crippen LogP contribution in [0.25, 0.3) is 0 Å². The fourth-order valence-corrected chi connectivity index (χ4v) is 15.0. The highest BCUT2D eigenvalue weighted by molar-refractivity contribution is 5.93. The average molecular weight is 679 g/mol. The lowest BCUT2D eigenvalue weighted by molar-refractivity contribution is -0.196. The Hall–Kier alpha value is -2.99. The van der Waals surface area contributed by atoms with Crippen LogP contribution in [0.1, 0.15) is 63.0 Å². The quantitative estimate of drug-likeness (QED) is 0.284. The van der Waals surface area contributed by atoms with Crippen LogP contribution in [0.5, 0.6) is 0 Å². The minimum absolute atomic E-state index is 0.00735. The fourth-order valence-electron chi connectivity index (χ4n) is 15.0. The predicted molar refractivity (Wildman–Crippen MR) is 183 cm³/mol. The van der Waals surface area contributed by atoms with Gasteiger partial charge in [-0.3, -0.25) is 9.80 Å². The van der Waals surface area contributed by atoms with Gasteiger partial charge in [0.1, 0.15) is 0 Å². The maximum atomic E-state index is 13.8. The normalized spacial score (nSPS) is 49.3. The first-order valence-electron chi connectivity index (χ1n) is 19.0. The lowest BCUT2D eigenvalue weighted by Gasteiger charge is -2.64. The zero-order valence-corrected chi connectivity index (χ0v) is 28.8. The molecular weight excluding hydrogens is 632 g/mol. The van der Waals surface area contributed by atoms with E-state index in [0.29, 0.717) is 31.3 Å². The van der Waals surface area contributed by atoms with Crippen LogP contribution < -0.4 is 10.6 Å². The number of esters is 1. The number of carbonyl (C=O) groups is 1. The van der Waals surface area contributed by atoms with Crippen molar-refractivity contribution in [2.45, 2.75) is 110 Å². The van der Waals surface area contributed by atoms with Crippen LogP contribution in [0.4, 0.5) is 11.4 Å². The Morgan fingerprint density at radius 3 is 2.68 bits per heavy atom. The van der Waals surface area contributed by atoms with Gasteiger partial charge in [-0.1, -0.05) is 43.3 Å². The van der Waals surface area contributed by atoms with Crippen LogP contribution in [-0.2, 0) is 29.8 Å². The summed E-state index contributed by atoms with van der Waals surface area (Å²) >= 11 is 0. The SMILES string of the molecule is CC[C@@]12C[C@]34CC(C(=O)OC)=C5Nc6ccccc6[C@@]5(CCN3[C@H]1[C@@H]1C[C@]3(CCO)[C@@H]5O[C@H]5CN5CC[C@@]6(c7ccccc7N[C@@]16O2)[C@@H]53)[C@H]4O. The molecule has 8 heterocycles. The molecule has 4 spiro atoms. The Labute approximate surface area is 292 Å². The van der Waals surface area contributed by atoms with Crippen LogP contribution in [-0.4, -0.2) is 107 Å². The van der Waals surface area contributed by atoms with E-state index < -0.39 is 28.4 Å². The molecule has 262 valence electrons. The van der Waals surface area contributed by atoms with E-state index in [0.717, 1.165) is 55.8 Å². The van der Waals surface area contributed by atoms with Crippen molar-refractivity contribution in [2.75, 3.05) is 44.0 Å². The number of piperidine rings is 2. The van der Waals surface area contributed by atoms with Crippen LogP contribution in [0.2, 0.25) is 0 Å².